The number of rotatable bonds is 0. The van der Waals surface area contributed by atoms with Crippen molar-refractivity contribution >= 4 is 5.78 Å². The van der Waals surface area contributed by atoms with Crippen LogP contribution in [-0.4, -0.2) is 18.0 Å². The predicted octanol–water partition coefficient (Wildman–Crippen LogP) is 3.20. The van der Waals surface area contributed by atoms with Crippen LogP contribution in [0.25, 0.3) is 0 Å². The molecule has 0 aromatic rings. The number of Topliss-reactive ketones (excluding diaryl/α,β-unsaturated/α-hetero) is 1. The monoisotopic (exact) mass is 224 g/mol. The predicted molar refractivity (Wildman–Crippen MR) is 64.3 cm³/mol. The first-order chi connectivity index (χ1) is 7.07. The molecule has 0 bridgehead atoms. The summed E-state index contributed by atoms with van der Waals surface area (Å²) in [4.78, 5) is 12.8. The summed E-state index contributed by atoms with van der Waals surface area (Å²) >= 11 is 0. The molecule has 1 atom stereocenters. The van der Waals surface area contributed by atoms with Crippen LogP contribution in [-0.2, 0) is 9.53 Å². The summed E-state index contributed by atoms with van der Waals surface area (Å²) in [7, 11) is 0. The fourth-order valence-corrected chi connectivity index (χ4v) is 3.69. The van der Waals surface area contributed by atoms with Crippen LogP contribution in [0.3, 0.4) is 0 Å². The maximum absolute atomic E-state index is 12.8. The number of hydrogen-bond donors (Lipinski definition) is 0. The third-order valence-corrected chi connectivity index (χ3v) is 4.87. The van der Waals surface area contributed by atoms with Gasteiger partial charge in [-0.1, -0.05) is 41.5 Å². The molecule has 16 heavy (non-hydrogen) atoms. The molecule has 1 heterocycles. The van der Waals surface area contributed by atoms with E-state index in [1.807, 2.05) is 0 Å². The minimum atomic E-state index is -0.554. The molecular formula is C14H24O2. The molecule has 0 aromatic heterocycles. The Labute approximate surface area is 98.7 Å². The lowest BCUT2D eigenvalue weighted by atomic mass is 9.47. The zero-order chi connectivity index (χ0) is 12.4. The molecule has 1 aliphatic heterocycles. The van der Waals surface area contributed by atoms with E-state index in [2.05, 4.69) is 41.5 Å². The molecule has 2 heteroatoms. The number of carbonyl (C=O) groups is 1. The van der Waals surface area contributed by atoms with Crippen molar-refractivity contribution in [2.45, 2.75) is 60.0 Å². The second-order valence-electron chi connectivity index (χ2n) is 7.45. The van der Waals surface area contributed by atoms with Gasteiger partial charge in [0.05, 0.1) is 6.61 Å². The van der Waals surface area contributed by atoms with Gasteiger partial charge in [-0.05, 0) is 12.8 Å². The molecule has 0 N–H and O–H groups in total. The average molecular weight is 224 g/mol. The summed E-state index contributed by atoms with van der Waals surface area (Å²) in [6.07, 6.45) is 2.04. The summed E-state index contributed by atoms with van der Waals surface area (Å²) in [6, 6.07) is 0. The van der Waals surface area contributed by atoms with E-state index in [9.17, 15) is 4.79 Å². The Balaban J connectivity index is 2.51. The summed E-state index contributed by atoms with van der Waals surface area (Å²) in [5.41, 5.74) is -0.846. The lowest BCUT2D eigenvalue weighted by molar-refractivity contribution is -0.297. The lowest BCUT2D eigenvalue weighted by Gasteiger charge is -2.66. The highest BCUT2D eigenvalue weighted by atomic mass is 16.5. The Hall–Kier alpha value is -0.370. The van der Waals surface area contributed by atoms with E-state index >= 15 is 0 Å². The Kier molecular flexibility index (Phi) is 2.19. The van der Waals surface area contributed by atoms with Crippen LogP contribution in [0.1, 0.15) is 54.4 Å². The van der Waals surface area contributed by atoms with Crippen LogP contribution in [0.2, 0.25) is 0 Å². The topological polar surface area (TPSA) is 26.3 Å². The largest absolute Gasteiger partial charge is 0.365 e. The van der Waals surface area contributed by atoms with Gasteiger partial charge in [0.25, 0.3) is 0 Å². The maximum atomic E-state index is 12.8. The van der Waals surface area contributed by atoms with Gasteiger partial charge in [0.1, 0.15) is 5.60 Å². The SMILES string of the molecule is CC1(C)CCC(C)(C)C2(OCC2(C)C)C1=O. The van der Waals surface area contributed by atoms with E-state index < -0.39 is 5.60 Å². The van der Waals surface area contributed by atoms with E-state index in [1.165, 1.54) is 0 Å². The molecule has 2 rings (SSSR count). The normalized spacial score (nSPS) is 39.5. The van der Waals surface area contributed by atoms with Crippen LogP contribution in [0.4, 0.5) is 0 Å². The van der Waals surface area contributed by atoms with Gasteiger partial charge >= 0.3 is 0 Å². The summed E-state index contributed by atoms with van der Waals surface area (Å²) in [6.45, 7) is 13.5. The van der Waals surface area contributed by atoms with Crippen LogP contribution >= 0.6 is 0 Å². The van der Waals surface area contributed by atoms with Gasteiger partial charge in [-0.15, -0.1) is 0 Å². The van der Waals surface area contributed by atoms with Crippen molar-refractivity contribution in [3.8, 4) is 0 Å². The van der Waals surface area contributed by atoms with Crippen molar-refractivity contribution in [2.75, 3.05) is 6.61 Å². The maximum Gasteiger partial charge on any atom is 0.171 e. The van der Waals surface area contributed by atoms with E-state index in [1.54, 1.807) is 0 Å². The quantitative estimate of drug-likeness (QED) is 0.631. The summed E-state index contributed by atoms with van der Waals surface area (Å²) < 4.78 is 5.89. The molecule has 1 saturated carbocycles. The third kappa shape index (κ3) is 1.14. The average Bonchev–Trinajstić information content (AvgIpc) is 2.12. The van der Waals surface area contributed by atoms with Crippen molar-refractivity contribution in [3.05, 3.63) is 0 Å². The molecule has 0 radical (unpaired) electrons. The van der Waals surface area contributed by atoms with Crippen molar-refractivity contribution < 1.29 is 9.53 Å². The van der Waals surface area contributed by atoms with Crippen LogP contribution in [0.5, 0.6) is 0 Å². The lowest BCUT2D eigenvalue weighted by Crippen LogP contribution is -2.75. The first kappa shape index (κ1) is 12.1. The minimum absolute atomic E-state index is 0.0225. The Morgan fingerprint density at radius 1 is 0.938 bits per heavy atom. The molecule has 2 aliphatic rings. The zero-order valence-electron chi connectivity index (χ0n) is 11.4. The summed E-state index contributed by atoms with van der Waals surface area (Å²) in [5.74, 6) is 0.313. The van der Waals surface area contributed by atoms with Gasteiger partial charge in [0.15, 0.2) is 5.78 Å². The van der Waals surface area contributed by atoms with Crippen molar-refractivity contribution in [1.29, 1.82) is 0 Å². The standard InChI is InChI=1S/C14H24O2/c1-11(2)7-8-12(3,4)14(10(11)15)13(5,6)9-16-14/h7-9H2,1-6H3. The first-order valence-electron chi connectivity index (χ1n) is 6.26. The molecular weight excluding hydrogens is 200 g/mol. The van der Waals surface area contributed by atoms with Crippen molar-refractivity contribution in [1.82, 2.24) is 0 Å². The molecule has 1 spiro atoms. The molecule has 0 amide bonds. The Bertz CT molecular complexity index is 339. The smallest absolute Gasteiger partial charge is 0.171 e. The molecule has 1 aliphatic carbocycles. The highest BCUT2D eigenvalue weighted by molar-refractivity contribution is 5.95. The van der Waals surface area contributed by atoms with E-state index in [0.717, 1.165) is 12.8 Å². The highest BCUT2D eigenvalue weighted by Gasteiger charge is 2.70. The molecule has 0 aromatic carbocycles. The van der Waals surface area contributed by atoms with E-state index in [-0.39, 0.29) is 16.2 Å². The van der Waals surface area contributed by atoms with Gasteiger partial charge in [0, 0.05) is 16.2 Å². The van der Waals surface area contributed by atoms with E-state index in [4.69, 9.17) is 4.74 Å². The van der Waals surface area contributed by atoms with Crippen LogP contribution in [0.15, 0.2) is 0 Å². The van der Waals surface area contributed by atoms with Crippen molar-refractivity contribution in [2.24, 2.45) is 16.2 Å². The second kappa shape index (κ2) is 2.90. The summed E-state index contributed by atoms with van der Waals surface area (Å²) in [5, 5.41) is 0. The van der Waals surface area contributed by atoms with Crippen molar-refractivity contribution in [3.63, 3.8) is 0 Å². The van der Waals surface area contributed by atoms with Gasteiger partial charge in [-0.25, -0.2) is 0 Å². The highest BCUT2D eigenvalue weighted by Crippen LogP contribution is 2.62. The van der Waals surface area contributed by atoms with Gasteiger partial charge < -0.3 is 4.74 Å². The fraction of sp³-hybridized carbons (Fsp3) is 0.929. The number of hydrogen-bond acceptors (Lipinski definition) is 2. The third-order valence-electron chi connectivity index (χ3n) is 4.87. The van der Waals surface area contributed by atoms with Crippen LogP contribution < -0.4 is 0 Å². The van der Waals surface area contributed by atoms with Crippen LogP contribution in [0, 0.1) is 16.2 Å². The number of ether oxygens (including phenoxy) is 1. The van der Waals surface area contributed by atoms with Gasteiger partial charge in [0.2, 0.25) is 0 Å². The van der Waals surface area contributed by atoms with Gasteiger partial charge in [-0.3, -0.25) is 4.79 Å². The second-order valence-corrected chi connectivity index (χ2v) is 7.45. The minimum Gasteiger partial charge on any atom is -0.365 e. The Morgan fingerprint density at radius 3 is 1.81 bits per heavy atom. The van der Waals surface area contributed by atoms with Gasteiger partial charge in [-0.2, -0.15) is 0 Å². The molecule has 2 fully saturated rings. The fourth-order valence-electron chi connectivity index (χ4n) is 3.69. The number of carbonyl (C=O) groups excluding carboxylic acids is 1. The molecule has 92 valence electrons. The zero-order valence-corrected chi connectivity index (χ0v) is 11.4. The molecule has 2 nitrogen and oxygen atoms in total. The Morgan fingerprint density at radius 2 is 1.50 bits per heavy atom. The molecule has 1 saturated heterocycles. The molecule has 1 unspecified atom stereocenters. The van der Waals surface area contributed by atoms with E-state index in [0.29, 0.717) is 12.4 Å². The first-order valence-corrected chi connectivity index (χ1v) is 6.26. The number of ketones is 1.